The molecule has 0 spiro atoms. The quantitative estimate of drug-likeness (QED) is 0.0224. The number of esters is 5. The highest BCUT2D eigenvalue weighted by Gasteiger charge is 2.20. The van der Waals surface area contributed by atoms with Gasteiger partial charge < -0.3 is 53.7 Å². The van der Waals surface area contributed by atoms with E-state index in [-0.39, 0.29) is 68.0 Å². The Hall–Kier alpha value is -3.15. The fourth-order valence-electron chi connectivity index (χ4n) is 19.9. The van der Waals surface area contributed by atoms with Crippen LogP contribution in [0.1, 0.15) is 672 Å². The van der Waals surface area contributed by atoms with Crippen molar-refractivity contribution in [2.45, 2.75) is 691 Å². The van der Waals surface area contributed by atoms with Gasteiger partial charge in [0.1, 0.15) is 18.3 Å². The highest BCUT2D eigenvalue weighted by Crippen LogP contribution is 2.25. The van der Waals surface area contributed by atoms with E-state index in [4.69, 9.17) is 23.7 Å². The first-order valence-electron chi connectivity index (χ1n) is 64.4. The molecule has 0 fully saturated rings. The molecule has 16 heteroatoms. The zero-order valence-corrected chi connectivity index (χ0v) is 98.2. The molecule has 16 nitrogen and oxygen atoms in total. The fourth-order valence-corrected chi connectivity index (χ4v) is 19.9. The predicted octanol–water partition coefficient (Wildman–Crippen LogP) is 37.5. The molecular formula is C128H253N3O13. The number of rotatable bonds is 118. The summed E-state index contributed by atoms with van der Waals surface area (Å²) < 4.78 is 28.7. The summed E-state index contributed by atoms with van der Waals surface area (Å²) in [6.07, 6.45) is 117. The molecule has 0 heterocycles. The molecule has 0 rings (SSSR count). The summed E-state index contributed by atoms with van der Waals surface area (Å²) in [6, 6.07) is 0. The van der Waals surface area contributed by atoms with Crippen LogP contribution in [0, 0.1) is 0 Å². The third-order valence-corrected chi connectivity index (χ3v) is 29.5. The van der Waals surface area contributed by atoms with Crippen molar-refractivity contribution in [1.82, 2.24) is 14.7 Å². The Morgan fingerprint density at radius 1 is 0.181 bits per heavy atom. The van der Waals surface area contributed by atoms with Gasteiger partial charge in [-0.05, 0) is 225 Å². The van der Waals surface area contributed by atoms with Gasteiger partial charge >= 0.3 is 29.8 Å². The molecule has 0 aromatic heterocycles. The lowest BCUT2D eigenvalue weighted by atomic mass is 10.0. The molecule has 0 aromatic carbocycles. The maximum atomic E-state index is 12.7. The van der Waals surface area contributed by atoms with E-state index in [0.29, 0.717) is 45.3 Å². The molecule has 2 atom stereocenters. The van der Waals surface area contributed by atoms with Crippen LogP contribution < -0.4 is 0 Å². The van der Waals surface area contributed by atoms with Crippen LogP contribution >= 0.6 is 0 Å². The Morgan fingerprint density at radius 2 is 0.333 bits per heavy atom. The monoisotopic (exact) mass is 2040 g/mol. The summed E-state index contributed by atoms with van der Waals surface area (Å²) in [6.45, 7) is 30.7. The van der Waals surface area contributed by atoms with E-state index in [2.05, 4.69) is 89.2 Å². The molecule has 0 aromatic rings. The van der Waals surface area contributed by atoms with Crippen molar-refractivity contribution in [2.75, 3.05) is 91.9 Å². The smallest absolute Gasteiger partial charge is 0.306 e. The number of hydrogen-bond acceptors (Lipinski definition) is 16. The predicted molar refractivity (Wildman–Crippen MR) is 621 cm³/mol. The number of carbonyl (C=O) groups is 5. The summed E-state index contributed by atoms with van der Waals surface area (Å²) in [5.41, 5.74) is 0. The average molecular weight is 2040 g/mol. The van der Waals surface area contributed by atoms with Crippen molar-refractivity contribution < 1.29 is 63.0 Å². The van der Waals surface area contributed by atoms with Crippen molar-refractivity contribution in [2.24, 2.45) is 0 Å². The lowest BCUT2D eigenvalue weighted by Gasteiger charge is -2.21. The Morgan fingerprint density at radius 3 is 0.542 bits per heavy atom. The van der Waals surface area contributed by atoms with Gasteiger partial charge in [0, 0.05) is 51.7 Å². The zero-order valence-electron chi connectivity index (χ0n) is 98.2. The van der Waals surface area contributed by atoms with Gasteiger partial charge in [0.25, 0.3) is 0 Å². The maximum absolute atomic E-state index is 12.7. The standard InChI is InChI=1S/C45H89NO3.C42H83NO5.C41H81NO5/c1-4-7-10-13-16-17-18-19-20-21-22-23-24-25-30-35-40-46(42-43-47)41-36-31-26-29-34-39-45(48)49-44(37-32-27-14-11-8-5-2)38-33-28-15-12-9-6-3;1-4-7-10-13-15-23-30-39-47-41(45)33-26-19-16-21-28-35-43(37-38-44)36-29-22-17-20-27-34-42(46)48-40(31-24-12-9-6-3)32-25-18-14-11-8-5-2;1-4-7-10-12-14-22-29-38-46-40(44)32-25-18-15-20-27-34-42(36-37-43)35-28-21-16-19-26-33-41(45)47-39(30-23-9-6-3)31-24-17-13-11-8-5-2/h19-20,44,47H,4-18,21-43H2,1-3H3;40,44H,4-39H2,1-3H3;39,43H,4-38H2,1-3H3/b20-19-;;. The van der Waals surface area contributed by atoms with E-state index in [1.54, 1.807) is 0 Å². The van der Waals surface area contributed by atoms with Gasteiger partial charge in [-0.15, -0.1) is 0 Å². The molecule has 0 aliphatic carbocycles. The van der Waals surface area contributed by atoms with Gasteiger partial charge in [-0.3, -0.25) is 24.0 Å². The van der Waals surface area contributed by atoms with E-state index >= 15 is 0 Å². The molecule has 3 N–H and O–H groups in total. The number of hydrogen-bond donors (Lipinski definition) is 3. The Kier molecular flexibility index (Phi) is 128. The summed E-state index contributed by atoms with van der Waals surface area (Å²) in [5.74, 6) is -0.0164. The van der Waals surface area contributed by atoms with Gasteiger partial charge in [0.15, 0.2) is 0 Å². The Labute approximate surface area is 896 Å². The maximum Gasteiger partial charge on any atom is 0.306 e. The number of carbonyl (C=O) groups excluding carboxylic acids is 5. The Balaban J connectivity index is -0.00000207. The third-order valence-electron chi connectivity index (χ3n) is 29.5. The fraction of sp³-hybridized carbons (Fsp3) is 0.945. The number of nitrogens with zero attached hydrogens (tertiary/aromatic N) is 3. The summed E-state index contributed by atoms with van der Waals surface area (Å²) in [4.78, 5) is 69.0. The average Bonchev–Trinajstić information content (AvgIpc) is 0.967. The SMILES string of the molecule is CCCCCCCC/C=C\CCCCCCCCN(CCO)CCCCCCCC(=O)OC(CCCCCCCC)CCCCCCCC.CCCCCCCCCOC(=O)CCCCCCCN(CCO)CCCCCCCC(=O)OC(CCCCC)CCCCCCCC.CCCCCCCCCOC(=O)CCCCCCCN(CCO)CCCCCCCC(=O)OC(CCCCCC)CCCCCCCC. The zero-order chi connectivity index (χ0) is 105. The van der Waals surface area contributed by atoms with Gasteiger partial charge in [-0.2, -0.15) is 0 Å². The molecular weight excluding hydrogens is 1790 g/mol. The van der Waals surface area contributed by atoms with Crippen molar-refractivity contribution >= 4 is 29.8 Å². The van der Waals surface area contributed by atoms with Gasteiger partial charge in [0.05, 0.1) is 33.0 Å². The van der Waals surface area contributed by atoms with Crippen LogP contribution in [0.4, 0.5) is 0 Å². The van der Waals surface area contributed by atoms with Crippen molar-refractivity contribution in [1.29, 1.82) is 0 Å². The summed E-state index contributed by atoms with van der Waals surface area (Å²) >= 11 is 0. The number of allylic oxidation sites excluding steroid dienone is 2. The molecule has 0 bridgehead atoms. The van der Waals surface area contributed by atoms with Crippen LogP contribution in [0.2, 0.25) is 0 Å². The lowest BCUT2D eigenvalue weighted by Crippen LogP contribution is -2.29. The molecule has 0 saturated heterocycles. The van der Waals surface area contributed by atoms with Crippen LogP contribution in [-0.2, 0) is 47.7 Å². The van der Waals surface area contributed by atoms with Crippen molar-refractivity contribution in [3.63, 3.8) is 0 Å². The summed E-state index contributed by atoms with van der Waals surface area (Å²) in [7, 11) is 0. The number of unbranched alkanes of at least 4 members (excludes halogenated alkanes) is 69. The van der Waals surface area contributed by atoms with Crippen LogP contribution in [0.25, 0.3) is 0 Å². The van der Waals surface area contributed by atoms with Crippen molar-refractivity contribution in [3.8, 4) is 0 Å². The molecule has 0 aliphatic rings. The van der Waals surface area contributed by atoms with Crippen LogP contribution in [0.5, 0.6) is 0 Å². The van der Waals surface area contributed by atoms with E-state index in [1.165, 1.54) is 405 Å². The number of aliphatic hydroxyl groups excluding tert-OH is 3. The van der Waals surface area contributed by atoms with E-state index in [1.807, 2.05) is 0 Å². The van der Waals surface area contributed by atoms with Gasteiger partial charge in [0.2, 0.25) is 0 Å². The molecule has 2 unspecified atom stereocenters. The molecule has 858 valence electrons. The van der Waals surface area contributed by atoms with Gasteiger partial charge in [-0.1, -0.05) is 466 Å². The molecule has 0 radical (unpaired) electrons. The second kappa shape index (κ2) is 127. The minimum absolute atomic E-state index is 0.00494. The molecule has 144 heavy (non-hydrogen) atoms. The summed E-state index contributed by atoms with van der Waals surface area (Å²) in [5, 5.41) is 28.6. The third kappa shape index (κ3) is 119. The van der Waals surface area contributed by atoms with Gasteiger partial charge in [-0.25, -0.2) is 0 Å². The normalized spacial score (nSPS) is 12.0. The first-order valence-corrected chi connectivity index (χ1v) is 64.4. The molecule has 0 aliphatic heterocycles. The van der Waals surface area contributed by atoms with E-state index in [9.17, 15) is 39.3 Å². The molecule has 0 saturated carbocycles. The first-order chi connectivity index (χ1) is 70.8. The largest absolute Gasteiger partial charge is 0.466 e. The second-order valence-corrected chi connectivity index (χ2v) is 43.8. The first kappa shape index (κ1) is 145. The highest BCUT2D eigenvalue weighted by molar-refractivity contribution is 5.71. The van der Waals surface area contributed by atoms with Crippen molar-refractivity contribution in [3.05, 3.63) is 12.2 Å². The van der Waals surface area contributed by atoms with E-state index < -0.39 is 0 Å². The van der Waals surface area contributed by atoms with Crippen LogP contribution in [0.3, 0.4) is 0 Å². The number of aliphatic hydroxyl groups is 3. The lowest BCUT2D eigenvalue weighted by molar-refractivity contribution is -0.151. The minimum Gasteiger partial charge on any atom is -0.466 e. The highest BCUT2D eigenvalue weighted by atomic mass is 16.6. The molecule has 0 amide bonds. The van der Waals surface area contributed by atoms with Crippen LogP contribution in [0.15, 0.2) is 12.2 Å². The second-order valence-electron chi connectivity index (χ2n) is 43.8. The topological polar surface area (TPSA) is 202 Å². The van der Waals surface area contributed by atoms with E-state index in [0.717, 1.165) is 232 Å². The number of ether oxygens (including phenoxy) is 5. The Bertz CT molecular complexity index is 2510. The van der Waals surface area contributed by atoms with Crippen LogP contribution in [-0.4, -0.2) is 170 Å². The minimum atomic E-state index is -0.0321.